The van der Waals surface area contributed by atoms with Gasteiger partial charge in [-0.05, 0) is 79.8 Å². The summed E-state index contributed by atoms with van der Waals surface area (Å²) in [5.74, 6) is 0.605. The van der Waals surface area contributed by atoms with Gasteiger partial charge in [-0.25, -0.2) is 4.39 Å². The molecule has 2 N–H and O–H groups in total. The maximum absolute atomic E-state index is 13.3. The smallest absolute Gasteiger partial charge is 0.225 e. The van der Waals surface area contributed by atoms with E-state index < -0.39 is 5.60 Å². The van der Waals surface area contributed by atoms with Gasteiger partial charge in [-0.2, -0.15) is 5.10 Å². The molecule has 2 atom stereocenters. The first-order chi connectivity index (χ1) is 17.9. The molecule has 7 nitrogen and oxygen atoms in total. The van der Waals surface area contributed by atoms with E-state index in [1.807, 2.05) is 39.9 Å². The van der Waals surface area contributed by atoms with Gasteiger partial charge in [0.05, 0.1) is 17.7 Å². The van der Waals surface area contributed by atoms with Gasteiger partial charge in [-0.15, -0.1) is 0 Å². The largest absolute Gasteiger partial charge is 0.388 e. The van der Waals surface area contributed by atoms with Crippen LogP contribution in [-0.2, 0) is 11.3 Å². The Morgan fingerprint density at radius 3 is 2.54 bits per heavy atom. The third-order valence-corrected chi connectivity index (χ3v) is 7.69. The minimum absolute atomic E-state index is 0.168. The van der Waals surface area contributed by atoms with Crippen molar-refractivity contribution >= 4 is 28.2 Å². The third kappa shape index (κ3) is 4.81. The predicted molar refractivity (Wildman–Crippen MR) is 141 cm³/mol. The van der Waals surface area contributed by atoms with Crippen molar-refractivity contribution < 1.29 is 14.3 Å². The number of rotatable bonds is 6. The molecule has 1 aliphatic heterocycles. The SMILES string of the molecule is C[C@H]1C[C@H]1C(=O)N1CCC(O)(Cn2nc(-c3cccnc3)c3cc(Nc4ccc(F)cc4)ccc32)CC1. The summed E-state index contributed by atoms with van der Waals surface area (Å²) in [5, 5.41) is 20.7. The van der Waals surface area contributed by atoms with Crippen LogP contribution in [-0.4, -0.2) is 49.4 Å². The number of nitrogens with one attached hydrogen (secondary N) is 1. The van der Waals surface area contributed by atoms with E-state index in [9.17, 15) is 14.3 Å². The van der Waals surface area contributed by atoms with Crippen molar-refractivity contribution in [3.63, 3.8) is 0 Å². The number of pyridine rings is 1. The molecule has 3 heterocycles. The maximum Gasteiger partial charge on any atom is 0.225 e. The number of anilines is 2. The van der Waals surface area contributed by atoms with E-state index in [-0.39, 0.29) is 17.6 Å². The van der Waals surface area contributed by atoms with Gasteiger partial charge in [0.2, 0.25) is 5.91 Å². The van der Waals surface area contributed by atoms with Crippen LogP contribution in [0.5, 0.6) is 0 Å². The minimum atomic E-state index is -0.942. The highest BCUT2D eigenvalue weighted by Crippen LogP contribution is 2.40. The molecule has 0 spiro atoms. The molecule has 0 radical (unpaired) electrons. The van der Waals surface area contributed by atoms with Crippen molar-refractivity contribution in [2.24, 2.45) is 11.8 Å². The number of benzene rings is 2. The standard InChI is InChI=1S/C29H30FN5O2/c1-19-15-24(19)28(36)34-13-10-29(37,11-14-34)18-35-26-9-8-23(32-22-6-4-21(30)5-7-22)16-25(26)27(33-35)20-3-2-12-31-17-20/h2-9,12,16-17,19,24,32,37H,10-11,13-15,18H2,1H3/t19-,24+/m0/s1. The molecule has 2 aromatic heterocycles. The number of piperidine rings is 1. The summed E-state index contributed by atoms with van der Waals surface area (Å²) >= 11 is 0. The molecule has 4 aromatic rings. The average molecular weight is 500 g/mol. The van der Waals surface area contributed by atoms with Crippen LogP contribution in [0.2, 0.25) is 0 Å². The van der Waals surface area contributed by atoms with Crippen molar-refractivity contribution in [1.29, 1.82) is 0 Å². The van der Waals surface area contributed by atoms with E-state index in [1.165, 1.54) is 12.1 Å². The van der Waals surface area contributed by atoms with Crippen molar-refractivity contribution in [3.8, 4) is 11.3 Å². The van der Waals surface area contributed by atoms with Crippen LogP contribution in [0.3, 0.4) is 0 Å². The number of likely N-dealkylation sites (tertiary alicyclic amines) is 1. The fraction of sp³-hybridized carbons (Fsp3) is 0.345. The number of aliphatic hydroxyl groups is 1. The zero-order valence-corrected chi connectivity index (χ0v) is 20.8. The molecular formula is C29H30FN5O2. The summed E-state index contributed by atoms with van der Waals surface area (Å²) < 4.78 is 15.2. The van der Waals surface area contributed by atoms with Gasteiger partial charge < -0.3 is 15.3 Å². The Balaban J connectivity index is 1.28. The number of hydrogen-bond donors (Lipinski definition) is 2. The van der Waals surface area contributed by atoms with Crippen molar-refractivity contribution in [2.75, 3.05) is 18.4 Å². The molecular weight excluding hydrogens is 469 g/mol. The topological polar surface area (TPSA) is 83.3 Å². The van der Waals surface area contributed by atoms with E-state index in [0.717, 1.165) is 40.0 Å². The lowest BCUT2D eigenvalue weighted by atomic mass is 9.91. The van der Waals surface area contributed by atoms with E-state index in [0.29, 0.717) is 38.4 Å². The van der Waals surface area contributed by atoms with E-state index in [4.69, 9.17) is 5.10 Å². The lowest BCUT2D eigenvalue weighted by Crippen LogP contribution is -2.49. The molecule has 190 valence electrons. The van der Waals surface area contributed by atoms with Crippen LogP contribution in [0.1, 0.15) is 26.2 Å². The number of hydrogen-bond acceptors (Lipinski definition) is 5. The fourth-order valence-corrected chi connectivity index (χ4v) is 5.27. The normalized spacial score (nSPS) is 20.7. The number of fused-ring (bicyclic) bond motifs is 1. The summed E-state index contributed by atoms with van der Waals surface area (Å²) in [5.41, 5.74) is 3.27. The Bertz CT molecular complexity index is 1430. The molecule has 2 aromatic carbocycles. The first-order valence-electron chi connectivity index (χ1n) is 12.8. The van der Waals surface area contributed by atoms with Crippen LogP contribution in [0.25, 0.3) is 22.2 Å². The highest BCUT2D eigenvalue weighted by Gasteiger charge is 2.44. The Labute approximate surface area is 214 Å². The van der Waals surface area contributed by atoms with E-state index in [1.54, 1.807) is 24.5 Å². The molecule has 2 aliphatic rings. The summed E-state index contributed by atoms with van der Waals surface area (Å²) in [7, 11) is 0. The summed E-state index contributed by atoms with van der Waals surface area (Å²) in [4.78, 5) is 18.8. The number of halogens is 1. The first-order valence-corrected chi connectivity index (χ1v) is 12.8. The number of amides is 1. The minimum Gasteiger partial charge on any atom is -0.388 e. The van der Waals surface area contributed by atoms with Crippen molar-refractivity contribution in [2.45, 2.75) is 38.3 Å². The van der Waals surface area contributed by atoms with Gasteiger partial charge in [0.15, 0.2) is 0 Å². The third-order valence-electron chi connectivity index (χ3n) is 7.69. The van der Waals surface area contributed by atoms with Gasteiger partial charge in [0.1, 0.15) is 11.5 Å². The van der Waals surface area contributed by atoms with Crippen LogP contribution >= 0.6 is 0 Å². The van der Waals surface area contributed by atoms with Gasteiger partial charge in [0.25, 0.3) is 0 Å². The molecule has 2 fully saturated rings. The van der Waals surface area contributed by atoms with Crippen molar-refractivity contribution in [1.82, 2.24) is 19.7 Å². The summed E-state index contributed by atoms with van der Waals surface area (Å²) in [6, 6.07) is 16.0. The summed E-state index contributed by atoms with van der Waals surface area (Å²) in [6.45, 7) is 3.60. The van der Waals surface area contributed by atoms with Gasteiger partial charge >= 0.3 is 0 Å². The number of carbonyl (C=O) groups excluding carboxylic acids is 1. The summed E-state index contributed by atoms with van der Waals surface area (Å²) in [6.07, 6.45) is 5.53. The lowest BCUT2D eigenvalue weighted by Gasteiger charge is -2.38. The number of aromatic nitrogens is 3. The molecule has 8 heteroatoms. The van der Waals surface area contributed by atoms with E-state index in [2.05, 4.69) is 17.2 Å². The highest BCUT2D eigenvalue weighted by atomic mass is 19.1. The Kier molecular flexibility index (Phi) is 5.91. The first kappa shape index (κ1) is 23.6. The van der Waals surface area contributed by atoms with Gasteiger partial charge in [0, 0.05) is 53.7 Å². The number of carbonyl (C=O) groups is 1. The molecule has 0 unspecified atom stereocenters. The van der Waals surface area contributed by atoms with Crippen LogP contribution < -0.4 is 5.32 Å². The van der Waals surface area contributed by atoms with E-state index >= 15 is 0 Å². The molecule has 1 aliphatic carbocycles. The highest BCUT2D eigenvalue weighted by molar-refractivity contribution is 5.95. The van der Waals surface area contributed by atoms with Crippen molar-refractivity contribution in [3.05, 3.63) is 72.8 Å². The van der Waals surface area contributed by atoms with Gasteiger partial charge in [-0.1, -0.05) is 6.92 Å². The fourth-order valence-electron chi connectivity index (χ4n) is 5.27. The van der Waals surface area contributed by atoms with Gasteiger partial charge in [-0.3, -0.25) is 14.5 Å². The monoisotopic (exact) mass is 499 g/mol. The Morgan fingerprint density at radius 1 is 1.14 bits per heavy atom. The maximum atomic E-state index is 13.3. The molecule has 1 amide bonds. The zero-order chi connectivity index (χ0) is 25.6. The quantitative estimate of drug-likeness (QED) is 0.391. The number of nitrogens with zero attached hydrogens (tertiary/aromatic N) is 4. The molecule has 1 saturated heterocycles. The molecule has 6 rings (SSSR count). The average Bonchev–Trinajstić information content (AvgIpc) is 3.54. The predicted octanol–water partition coefficient (Wildman–Crippen LogP) is 4.99. The van der Waals surface area contributed by atoms with Crippen LogP contribution in [0.15, 0.2) is 67.0 Å². The molecule has 0 bridgehead atoms. The van der Waals surface area contributed by atoms with Crippen LogP contribution in [0.4, 0.5) is 15.8 Å². The molecule has 37 heavy (non-hydrogen) atoms. The zero-order valence-electron chi connectivity index (χ0n) is 20.8. The Hall–Kier alpha value is -3.78. The molecule has 1 saturated carbocycles. The second-order valence-electron chi connectivity index (χ2n) is 10.5. The Morgan fingerprint density at radius 2 is 1.86 bits per heavy atom. The van der Waals surface area contributed by atoms with Crippen LogP contribution in [0, 0.1) is 17.7 Å². The lowest BCUT2D eigenvalue weighted by molar-refractivity contribution is -0.137. The second kappa shape index (κ2) is 9.27. The second-order valence-corrected chi connectivity index (χ2v) is 10.5.